The standard InChI is InChI=1S/C29H56O4/c1-25(2)20-22-32-28(30)19-17-15-13-11-9-7-6-8-10-12-14-16-18-27(5)24-29(31)33-23-21-26(3)4/h25-27H,6-24H2,1-5H3. The highest BCUT2D eigenvalue weighted by atomic mass is 16.5. The first-order valence-electron chi connectivity index (χ1n) is 14.1. The van der Waals surface area contributed by atoms with Crippen molar-refractivity contribution in [3.8, 4) is 0 Å². The van der Waals surface area contributed by atoms with Gasteiger partial charge in [0, 0.05) is 12.8 Å². The van der Waals surface area contributed by atoms with Crippen LogP contribution in [0.3, 0.4) is 0 Å². The van der Waals surface area contributed by atoms with Crippen molar-refractivity contribution < 1.29 is 19.1 Å². The van der Waals surface area contributed by atoms with E-state index in [9.17, 15) is 9.59 Å². The van der Waals surface area contributed by atoms with Crippen molar-refractivity contribution >= 4 is 11.9 Å². The van der Waals surface area contributed by atoms with Crippen molar-refractivity contribution in [2.45, 2.75) is 144 Å². The molecule has 0 aromatic heterocycles. The third-order valence-corrected chi connectivity index (χ3v) is 6.26. The molecule has 0 aliphatic heterocycles. The number of ether oxygens (including phenoxy) is 2. The van der Waals surface area contributed by atoms with Gasteiger partial charge in [0.15, 0.2) is 0 Å². The van der Waals surface area contributed by atoms with Gasteiger partial charge in [-0.15, -0.1) is 0 Å². The van der Waals surface area contributed by atoms with E-state index in [1.54, 1.807) is 0 Å². The molecule has 4 nitrogen and oxygen atoms in total. The average Bonchev–Trinajstić information content (AvgIpc) is 2.73. The molecule has 0 aromatic carbocycles. The average molecular weight is 469 g/mol. The Labute approximate surface area is 206 Å². The topological polar surface area (TPSA) is 52.6 Å². The number of hydrogen-bond acceptors (Lipinski definition) is 4. The Balaban J connectivity index is 3.30. The predicted octanol–water partition coefficient (Wildman–Crippen LogP) is 8.65. The normalized spacial score (nSPS) is 12.3. The zero-order valence-corrected chi connectivity index (χ0v) is 22.8. The lowest BCUT2D eigenvalue weighted by Gasteiger charge is -2.11. The Bertz CT molecular complexity index is 459. The van der Waals surface area contributed by atoms with Crippen molar-refractivity contribution in [3.05, 3.63) is 0 Å². The van der Waals surface area contributed by atoms with Gasteiger partial charge in [-0.2, -0.15) is 0 Å². The van der Waals surface area contributed by atoms with Crippen LogP contribution in [0, 0.1) is 17.8 Å². The molecule has 1 unspecified atom stereocenters. The van der Waals surface area contributed by atoms with E-state index in [0.29, 0.717) is 43.8 Å². The maximum atomic E-state index is 11.8. The van der Waals surface area contributed by atoms with Crippen molar-refractivity contribution in [1.29, 1.82) is 0 Å². The van der Waals surface area contributed by atoms with Gasteiger partial charge in [-0.1, -0.05) is 112 Å². The van der Waals surface area contributed by atoms with E-state index in [4.69, 9.17) is 9.47 Å². The highest BCUT2D eigenvalue weighted by Gasteiger charge is 2.10. The minimum absolute atomic E-state index is 0.0234. The van der Waals surface area contributed by atoms with Crippen LogP contribution >= 0.6 is 0 Å². The Morgan fingerprint density at radius 3 is 1.36 bits per heavy atom. The molecule has 0 saturated carbocycles. The summed E-state index contributed by atoms with van der Waals surface area (Å²) in [6.45, 7) is 11.9. The molecule has 0 aliphatic carbocycles. The summed E-state index contributed by atoms with van der Waals surface area (Å²) in [7, 11) is 0. The predicted molar refractivity (Wildman–Crippen MR) is 139 cm³/mol. The summed E-state index contributed by atoms with van der Waals surface area (Å²) in [4.78, 5) is 23.4. The molecule has 0 radical (unpaired) electrons. The molecule has 0 heterocycles. The van der Waals surface area contributed by atoms with Gasteiger partial charge in [0.05, 0.1) is 13.2 Å². The summed E-state index contributed by atoms with van der Waals surface area (Å²) in [5.74, 6) is 1.57. The first-order chi connectivity index (χ1) is 15.8. The fourth-order valence-corrected chi connectivity index (χ4v) is 3.86. The summed E-state index contributed by atoms with van der Waals surface area (Å²) in [6, 6.07) is 0. The smallest absolute Gasteiger partial charge is 0.306 e. The number of carbonyl (C=O) groups is 2. The molecule has 0 N–H and O–H groups in total. The molecule has 0 spiro atoms. The molecule has 4 heteroatoms. The van der Waals surface area contributed by atoms with Crippen LogP contribution in [-0.2, 0) is 19.1 Å². The Hall–Kier alpha value is -1.06. The zero-order chi connectivity index (χ0) is 24.7. The third kappa shape index (κ3) is 25.4. The Morgan fingerprint density at radius 1 is 0.515 bits per heavy atom. The third-order valence-electron chi connectivity index (χ3n) is 6.26. The molecule has 33 heavy (non-hydrogen) atoms. The summed E-state index contributed by atoms with van der Waals surface area (Å²) < 4.78 is 10.6. The summed E-state index contributed by atoms with van der Waals surface area (Å²) in [5, 5.41) is 0. The number of carbonyl (C=O) groups excluding carboxylic acids is 2. The van der Waals surface area contributed by atoms with Crippen LogP contribution in [-0.4, -0.2) is 25.2 Å². The maximum absolute atomic E-state index is 11.8. The van der Waals surface area contributed by atoms with Gasteiger partial charge < -0.3 is 9.47 Å². The van der Waals surface area contributed by atoms with E-state index < -0.39 is 0 Å². The van der Waals surface area contributed by atoms with Crippen LogP contribution in [0.25, 0.3) is 0 Å². The largest absolute Gasteiger partial charge is 0.466 e. The summed E-state index contributed by atoms with van der Waals surface area (Å²) in [5.41, 5.74) is 0. The van der Waals surface area contributed by atoms with E-state index in [0.717, 1.165) is 32.1 Å². The summed E-state index contributed by atoms with van der Waals surface area (Å²) in [6.07, 6.45) is 19.4. The molecule has 0 fully saturated rings. The van der Waals surface area contributed by atoms with Crippen molar-refractivity contribution in [3.63, 3.8) is 0 Å². The minimum Gasteiger partial charge on any atom is -0.466 e. The highest BCUT2D eigenvalue weighted by Crippen LogP contribution is 2.17. The first kappa shape index (κ1) is 31.9. The van der Waals surface area contributed by atoms with Crippen LogP contribution < -0.4 is 0 Å². The van der Waals surface area contributed by atoms with Crippen LogP contribution in [0.2, 0.25) is 0 Å². The molecule has 0 saturated heterocycles. The lowest BCUT2D eigenvalue weighted by Crippen LogP contribution is -2.11. The second-order valence-electron chi connectivity index (χ2n) is 10.9. The molecule has 196 valence electrons. The van der Waals surface area contributed by atoms with Gasteiger partial charge in [-0.3, -0.25) is 9.59 Å². The summed E-state index contributed by atoms with van der Waals surface area (Å²) >= 11 is 0. The highest BCUT2D eigenvalue weighted by molar-refractivity contribution is 5.69. The lowest BCUT2D eigenvalue weighted by atomic mass is 9.98. The Kier molecular flexibility index (Phi) is 22.0. The maximum Gasteiger partial charge on any atom is 0.306 e. The SMILES string of the molecule is CC(C)CCOC(=O)CCCCCCCCCCCCCCC(C)CC(=O)OCCC(C)C. The first-order valence-corrected chi connectivity index (χ1v) is 14.1. The Morgan fingerprint density at radius 2 is 0.909 bits per heavy atom. The van der Waals surface area contributed by atoms with E-state index in [2.05, 4.69) is 34.6 Å². The number of unbranched alkanes of at least 4 members (excludes halogenated alkanes) is 11. The van der Waals surface area contributed by atoms with Gasteiger partial charge in [-0.25, -0.2) is 0 Å². The molecular weight excluding hydrogens is 412 g/mol. The zero-order valence-electron chi connectivity index (χ0n) is 22.8. The molecule has 0 aromatic rings. The molecule has 0 aliphatic rings. The number of esters is 2. The van der Waals surface area contributed by atoms with Gasteiger partial charge >= 0.3 is 11.9 Å². The van der Waals surface area contributed by atoms with Gasteiger partial charge in [0.1, 0.15) is 0 Å². The van der Waals surface area contributed by atoms with Gasteiger partial charge in [0.25, 0.3) is 0 Å². The molecule has 0 amide bonds. The van der Waals surface area contributed by atoms with Gasteiger partial charge in [0.2, 0.25) is 0 Å². The molecule has 1 atom stereocenters. The lowest BCUT2D eigenvalue weighted by molar-refractivity contribution is -0.145. The van der Waals surface area contributed by atoms with Crippen LogP contribution in [0.5, 0.6) is 0 Å². The monoisotopic (exact) mass is 468 g/mol. The number of rotatable bonds is 23. The van der Waals surface area contributed by atoms with E-state index in [-0.39, 0.29) is 11.9 Å². The van der Waals surface area contributed by atoms with Crippen LogP contribution in [0.15, 0.2) is 0 Å². The molecule has 0 bridgehead atoms. The van der Waals surface area contributed by atoms with E-state index in [1.807, 2.05) is 0 Å². The van der Waals surface area contributed by atoms with Crippen LogP contribution in [0.4, 0.5) is 0 Å². The fraction of sp³-hybridized carbons (Fsp3) is 0.931. The van der Waals surface area contributed by atoms with Crippen LogP contribution in [0.1, 0.15) is 144 Å². The van der Waals surface area contributed by atoms with Crippen molar-refractivity contribution in [2.75, 3.05) is 13.2 Å². The van der Waals surface area contributed by atoms with Gasteiger partial charge in [-0.05, 0) is 37.0 Å². The van der Waals surface area contributed by atoms with Crippen molar-refractivity contribution in [1.82, 2.24) is 0 Å². The molecule has 0 rings (SSSR count). The minimum atomic E-state index is -0.0252. The second kappa shape index (κ2) is 22.7. The number of hydrogen-bond donors (Lipinski definition) is 0. The van der Waals surface area contributed by atoms with E-state index >= 15 is 0 Å². The quantitative estimate of drug-likeness (QED) is 0.111. The molecular formula is C29H56O4. The van der Waals surface area contributed by atoms with E-state index in [1.165, 1.54) is 64.2 Å². The fourth-order valence-electron chi connectivity index (χ4n) is 3.86. The second-order valence-corrected chi connectivity index (χ2v) is 10.9. The van der Waals surface area contributed by atoms with Crippen molar-refractivity contribution in [2.24, 2.45) is 17.8 Å².